The molecule has 1 nitrogen and oxygen atoms in total. The summed E-state index contributed by atoms with van der Waals surface area (Å²) in [6.45, 7) is 0. The molecule has 0 unspecified atom stereocenters. The van der Waals surface area contributed by atoms with Crippen molar-refractivity contribution in [3.05, 3.63) is 51.5 Å². The first-order valence-electron chi connectivity index (χ1n) is 4.52. The average Bonchev–Trinajstić information content (AvgIpc) is 2.22. The van der Waals surface area contributed by atoms with Crippen molar-refractivity contribution in [2.75, 3.05) is 0 Å². The molecule has 1 N–H and O–H groups in total. The van der Waals surface area contributed by atoms with Gasteiger partial charge in [0.15, 0.2) is 0 Å². The van der Waals surface area contributed by atoms with Crippen LogP contribution in [0.2, 0.25) is 15.1 Å². The fourth-order valence-electron chi connectivity index (χ4n) is 1.40. The Morgan fingerprint density at radius 2 is 1.50 bits per heavy atom. The summed E-state index contributed by atoms with van der Waals surface area (Å²) in [5.41, 5.74) is 1.66. The van der Waals surface area contributed by atoms with Crippen molar-refractivity contribution >= 4 is 34.8 Å². The lowest BCUT2D eigenvalue weighted by Crippen LogP contribution is -1.80. The van der Waals surface area contributed by atoms with Crippen LogP contribution in [0.5, 0.6) is 5.75 Å². The minimum absolute atomic E-state index is 0.133. The molecule has 0 amide bonds. The van der Waals surface area contributed by atoms with Crippen molar-refractivity contribution in [1.29, 1.82) is 0 Å². The molecule has 0 spiro atoms. The molecule has 2 rings (SSSR count). The third-order valence-corrected chi connectivity index (χ3v) is 3.24. The van der Waals surface area contributed by atoms with E-state index in [1.807, 2.05) is 6.07 Å². The van der Waals surface area contributed by atoms with Crippen molar-refractivity contribution < 1.29 is 5.11 Å². The van der Waals surface area contributed by atoms with Gasteiger partial charge in [-0.05, 0) is 35.9 Å². The van der Waals surface area contributed by atoms with Crippen molar-refractivity contribution in [2.45, 2.75) is 0 Å². The molecular formula is C12H7Cl3O. The Kier molecular flexibility index (Phi) is 3.29. The summed E-state index contributed by atoms with van der Waals surface area (Å²) in [4.78, 5) is 0. The minimum atomic E-state index is 0.133. The normalized spacial score (nSPS) is 10.4. The molecule has 0 fully saturated rings. The fraction of sp³-hybridized carbons (Fsp3) is 0. The first-order chi connectivity index (χ1) is 7.58. The molecule has 0 saturated carbocycles. The van der Waals surface area contributed by atoms with Crippen LogP contribution in [0.25, 0.3) is 11.1 Å². The topological polar surface area (TPSA) is 20.2 Å². The Morgan fingerprint density at radius 3 is 2.12 bits per heavy atom. The van der Waals surface area contributed by atoms with Gasteiger partial charge in [0, 0.05) is 5.56 Å². The molecule has 4 heteroatoms. The number of hydrogen-bond acceptors (Lipinski definition) is 1. The minimum Gasteiger partial charge on any atom is -0.508 e. The predicted molar refractivity (Wildman–Crippen MR) is 68.6 cm³/mol. The van der Waals surface area contributed by atoms with Gasteiger partial charge in [0.2, 0.25) is 0 Å². The van der Waals surface area contributed by atoms with Gasteiger partial charge in [-0.2, -0.15) is 0 Å². The van der Waals surface area contributed by atoms with Crippen LogP contribution >= 0.6 is 34.8 Å². The zero-order chi connectivity index (χ0) is 11.7. The Bertz CT molecular complexity index is 538. The van der Waals surface area contributed by atoms with Gasteiger partial charge in [-0.1, -0.05) is 40.9 Å². The smallest absolute Gasteiger partial charge is 0.117 e. The van der Waals surface area contributed by atoms with Gasteiger partial charge < -0.3 is 5.11 Å². The van der Waals surface area contributed by atoms with E-state index < -0.39 is 0 Å². The van der Waals surface area contributed by atoms with Crippen LogP contribution in [-0.4, -0.2) is 5.11 Å². The summed E-state index contributed by atoms with van der Waals surface area (Å²) in [5.74, 6) is 0.133. The van der Waals surface area contributed by atoms with Crippen molar-refractivity contribution in [1.82, 2.24) is 0 Å². The molecule has 0 radical (unpaired) electrons. The van der Waals surface area contributed by atoms with Crippen LogP contribution in [0.1, 0.15) is 0 Å². The second-order valence-corrected chi connectivity index (χ2v) is 4.51. The Balaban J connectivity index is 2.54. The highest BCUT2D eigenvalue weighted by Gasteiger charge is 2.06. The molecule has 2 aromatic rings. The van der Waals surface area contributed by atoms with Gasteiger partial charge >= 0.3 is 0 Å². The number of hydrogen-bond donors (Lipinski definition) is 1. The number of rotatable bonds is 1. The summed E-state index contributed by atoms with van der Waals surface area (Å²) in [7, 11) is 0. The quantitative estimate of drug-likeness (QED) is 0.773. The predicted octanol–water partition coefficient (Wildman–Crippen LogP) is 5.02. The SMILES string of the molecule is Oc1ccc(-c2ccc(Cl)c(Cl)c2)c(Cl)c1. The average molecular weight is 274 g/mol. The number of benzene rings is 2. The van der Waals surface area contributed by atoms with E-state index in [0.717, 1.165) is 11.1 Å². The Morgan fingerprint density at radius 1 is 0.750 bits per heavy atom. The molecule has 82 valence electrons. The van der Waals surface area contributed by atoms with Gasteiger partial charge in [0.25, 0.3) is 0 Å². The van der Waals surface area contributed by atoms with Crippen LogP contribution in [0.4, 0.5) is 0 Å². The maximum atomic E-state index is 9.25. The van der Waals surface area contributed by atoms with Crippen LogP contribution < -0.4 is 0 Å². The van der Waals surface area contributed by atoms with Crippen molar-refractivity contribution in [3.8, 4) is 16.9 Å². The lowest BCUT2D eigenvalue weighted by Gasteiger charge is -2.06. The molecular weight excluding hydrogens is 266 g/mol. The van der Waals surface area contributed by atoms with Crippen molar-refractivity contribution in [2.24, 2.45) is 0 Å². The van der Waals surface area contributed by atoms with Crippen LogP contribution in [0.3, 0.4) is 0 Å². The third-order valence-electron chi connectivity index (χ3n) is 2.18. The highest BCUT2D eigenvalue weighted by Crippen LogP contribution is 2.34. The van der Waals surface area contributed by atoms with Crippen LogP contribution in [0.15, 0.2) is 36.4 Å². The Hall–Kier alpha value is -0.890. The van der Waals surface area contributed by atoms with E-state index in [1.165, 1.54) is 6.07 Å². The first-order valence-corrected chi connectivity index (χ1v) is 5.65. The van der Waals surface area contributed by atoms with Gasteiger partial charge in [0.05, 0.1) is 15.1 Å². The van der Waals surface area contributed by atoms with Crippen LogP contribution in [-0.2, 0) is 0 Å². The summed E-state index contributed by atoms with van der Waals surface area (Å²) in [6, 6.07) is 10.1. The maximum Gasteiger partial charge on any atom is 0.117 e. The molecule has 0 aliphatic rings. The number of aromatic hydroxyl groups is 1. The summed E-state index contributed by atoms with van der Waals surface area (Å²) < 4.78 is 0. The summed E-state index contributed by atoms with van der Waals surface area (Å²) in [5, 5.41) is 10.7. The molecule has 2 aromatic carbocycles. The molecule has 0 aliphatic heterocycles. The molecule has 0 heterocycles. The molecule has 0 bridgehead atoms. The van der Waals surface area contributed by atoms with Gasteiger partial charge in [-0.3, -0.25) is 0 Å². The highest BCUT2D eigenvalue weighted by molar-refractivity contribution is 6.42. The van der Waals surface area contributed by atoms with Crippen LogP contribution in [0, 0.1) is 0 Å². The second-order valence-electron chi connectivity index (χ2n) is 3.29. The number of phenolic OH excluding ortho intramolecular Hbond substituents is 1. The zero-order valence-corrected chi connectivity index (χ0v) is 10.3. The molecule has 16 heavy (non-hydrogen) atoms. The Labute approximate surface area is 108 Å². The molecule has 0 saturated heterocycles. The number of halogens is 3. The van der Waals surface area contributed by atoms with Crippen molar-refractivity contribution in [3.63, 3.8) is 0 Å². The maximum absolute atomic E-state index is 9.25. The standard InChI is InChI=1S/C12H7Cl3O/c13-10-4-1-7(5-12(10)15)9-3-2-8(16)6-11(9)14/h1-6,16H. The second kappa shape index (κ2) is 4.54. The summed E-state index contributed by atoms with van der Waals surface area (Å²) in [6.07, 6.45) is 0. The van der Waals surface area contributed by atoms with E-state index in [2.05, 4.69) is 0 Å². The first kappa shape index (κ1) is 11.6. The van der Waals surface area contributed by atoms with Gasteiger partial charge in [-0.15, -0.1) is 0 Å². The molecule has 0 atom stereocenters. The lowest BCUT2D eigenvalue weighted by molar-refractivity contribution is 0.475. The molecule has 0 aromatic heterocycles. The van der Waals surface area contributed by atoms with Gasteiger partial charge in [-0.25, -0.2) is 0 Å². The molecule has 0 aliphatic carbocycles. The largest absolute Gasteiger partial charge is 0.508 e. The lowest BCUT2D eigenvalue weighted by atomic mass is 10.1. The zero-order valence-electron chi connectivity index (χ0n) is 8.05. The van der Waals surface area contributed by atoms with E-state index in [9.17, 15) is 5.11 Å². The fourth-order valence-corrected chi connectivity index (χ4v) is 1.98. The number of phenols is 1. The summed E-state index contributed by atoms with van der Waals surface area (Å²) >= 11 is 17.8. The van der Waals surface area contributed by atoms with Gasteiger partial charge in [0.1, 0.15) is 5.75 Å². The van der Waals surface area contributed by atoms with E-state index in [-0.39, 0.29) is 5.75 Å². The van der Waals surface area contributed by atoms with E-state index in [1.54, 1.807) is 24.3 Å². The van der Waals surface area contributed by atoms with E-state index in [0.29, 0.717) is 15.1 Å². The van der Waals surface area contributed by atoms with E-state index >= 15 is 0 Å². The van der Waals surface area contributed by atoms with E-state index in [4.69, 9.17) is 34.8 Å². The monoisotopic (exact) mass is 272 g/mol. The highest BCUT2D eigenvalue weighted by atomic mass is 35.5. The third kappa shape index (κ3) is 2.27.